The van der Waals surface area contributed by atoms with E-state index in [2.05, 4.69) is 36.0 Å². The predicted octanol–water partition coefficient (Wildman–Crippen LogP) is 4.42. The van der Waals surface area contributed by atoms with Crippen molar-refractivity contribution in [1.82, 2.24) is 9.88 Å². The molecule has 0 bridgehead atoms. The molecule has 3 rings (SSSR count). The summed E-state index contributed by atoms with van der Waals surface area (Å²) in [5.74, 6) is 0.733. The van der Waals surface area contributed by atoms with E-state index in [1.165, 1.54) is 11.8 Å². The highest BCUT2D eigenvalue weighted by atomic mass is 35.5. The van der Waals surface area contributed by atoms with Crippen molar-refractivity contribution in [3.8, 4) is 0 Å². The van der Waals surface area contributed by atoms with E-state index < -0.39 is 0 Å². The maximum absolute atomic E-state index is 12.2. The Morgan fingerprint density at radius 1 is 1.29 bits per heavy atom. The first-order chi connectivity index (χ1) is 13.4. The van der Waals surface area contributed by atoms with Crippen LogP contribution in [0.2, 0.25) is 5.02 Å². The highest BCUT2D eigenvalue weighted by molar-refractivity contribution is 8.05. The summed E-state index contributed by atoms with van der Waals surface area (Å²) in [6.45, 7) is 7.16. The fraction of sp³-hybridized carbons (Fsp3) is 0.333. The molecule has 1 unspecified atom stereocenters. The second-order valence-electron chi connectivity index (χ2n) is 7.09. The number of carbonyl (C=O) groups is 1. The predicted molar refractivity (Wildman–Crippen MR) is 118 cm³/mol. The van der Waals surface area contributed by atoms with Crippen LogP contribution in [0.4, 0.5) is 5.82 Å². The molecule has 2 atom stereocenters. The molecule has 148 valence electrons. The molecule has 5 nitrogen and oxygen atoms in total. The lowest BCUT2D eigenvalue weighted by molar-refractivity contribution is -0.113. The number of amides is 1. The van der Waals surface area contributed by atoms with Crippen molar-refractivity contribution >= 4 is 40.8 Å². The van der Waals surface area contributed by atoms with Crippen molar-refractivity contribution in [2.24, 2.45) is 11.7 Å². The van der Waals surface area contributed by atoms with E-state index in [1.807, 2.05) is 42.5 Å². The topological polar surface area (TPSA) is 71.2 Å². The number of hydrogen-bond donors (Lipinski definition) is 2. The van der Waals surface area contributed by atoms with Crippen molar-refractivity contribution in [2.45, 2.75) is 32.2 Å². The van der Waals surface area contributed by atoms with Gasteiger partial charge in [0.25, 0.3) is 5.91 Å². The molecule has 0 saturated heterocycles. The van der Waals surface area contributed by atoms with Crippen LogP contribution in [0.3, 0.4) is 0 Å². The van der Waals surface area contributed by atoms with Crippen molar-refractivity contribution in [2.75, 3.05) is 11.9 Å². The van der Waals surface area contributed by atoms with E-state index in [0.717, 1.165) is 17.1 Å². The van der Waals surface area contributed by atoms with Crippen molar-refractivity contribution in [3.63, 3.8) is 0 Å². The zero-order valence-corrected chi connectivity index (χ0v) is 17.8. The average Bonchev–Trinajstić information content (AvgIpc) is 3.01. The van der Waals surface area contributed by atoms with Gasteiger partial charge in [-0.2, -0.15) is 0 Å². The number of thioether (sulfide) groups is 1. The number of anilines is 1. The van der Waals surface area contributed by atoms with Gasteiger partial charge in [-0.15, -0.1) is 0 Å². The smallest absolute Gasteiger partial charge is 0.257 e. The van der Waals surface area contributed by atoms with Crippen molar-refractivity contribution < 1.29 is 4.79 Å². The van der Waals surface area contributed by atoms with E-state index >= 15 is 0 Å². The Labute approximate surface area is 175 Å². The van der Waals surface area contributed by atoms with E-state index in [0.29, 0.717) is 22.4 Å². The quantitative estimate of drug-likeness (QED) is 0.699. The monoisotopic (exact) mass is 416 g/mol. The van der Waals surface area contributed by atoms with E-state index in [4.69, 9.17) is 17.3 Å². The van der Waals surface area contributed by atoms with Gasteiger partial charge in [-0.05, 0) is 30.5 Å². The van der Waals surface area contributed by atoms with Crippen LogP contribution in [0.5, 0.6) is 0 Å². The number of rotatable bonds is 7. The van der Waals surface area contributed by atoms with Gasteiger partial charge in [-0.1, -0.05) is 67.5 Å². The summed E-state index contributed by atoms with van der Waals surface area (Å²) in [6.07, 6.45) is 1.63. The van der Waals surface area contributed by atoms with Gasteiger partial charge >= 0.3 is 0 Å². The Bertz CT molecular complexity index is 854. The third-order valence-electron chi connectivity index (χ3n) is 4.77. The minimum absolute atomic E-state index is 0.102. The molecule has 2 heterocycles. The van der Waals surface area contributed by atoms with Gasteiger partial charge in [0.15, 0.2) is 0 Å². The lowest BCUT2D eigenvalue weighted by Crippen LogP contribution is -2.44. The molecule has 0 spiro atoms. The largest absolute Gasteiger partial charge is 0.368 e. The van der Waals surface area contributed by atoms with Crippen LogP contribution in [-0.4, -0.2) is 33.8 Å². The first-order valence-electron chi connectivity index (χ1n) is 9.28. The Morgan fingerprint density at radius 2 is 2.00 bits per heavy atom. The Kier molecular flexibility index (Phi) is 6.52. The second-order valence-corrected chi connectivity index (χ2v) is 8.85. The maximum atomic E-state index is 12.2. The van der Waals surface area contributed by atoms with Gasteiger partial charge in [0.2, 0.25) is 0 Å². The molecular weight excluding hydrogens is 392 g/mol. The number of nitrogens with zero attached hydrogens (tertiary/aromatic N) is 2. The normalized spacial score (nSPS) is 17.9. The zero-order valence-electron chi connectivity index (χ0n) is 16.2. The van der Waals surface area contributed by atoms with Crippen molar-refractivity contribution in [3.05, 3.63) is 64.2 Å². The lowest BCUT2D eigenvalue weighted by atomic mass is 9.99. The molecule has 7 heteroatoms. The number of benzene rings is 1. The van der Waals surface area contributed by atoms with Gasteiger partial charge in [0, 0.05) is 18.8 Å². The Balaban J connectivity index is 1.93. The van der Waals surface area contributed by atoms with Crippen LogP contribution in [0.25, 0.3) is 5.70 Å². The van der Waals surface area contributed by atoms with Crippen LogP contribution in [0.1, 0.15) is 26.3 Å². The molecule has 0 saturated carbocycles. The van der Waals surface area contributed by atoms with Crippen LogP contribution in [0, 0.1) is 5.92 Å². The molecule has 1 aliphatic rings. The summed E-state index contributed by atoms with van der Waals surface area (Å²) in [5.41, 5.74) is 7.64. The molecule has 2 aromatic rings. The van der Waals surface area contributed by atoms with Crippen LogP contribution in [0.15, 0.2) is 53.6 Å². The first-order valence-corrected chi connectivity index (χ1v) is 10.5. The summed E-state index contributed by atoms with van der Waals surface area (Å²) < 4.78 is 0. The number of hydrogen-bond acceptors (Lipinski definition) is 5. The number of nitrogens with two attached hydrogens (primary N) is 1. The number of carbonyl (C=O) groups excluding carboxylic acids is 1. The van der Waals surface area contributed by atoms with Gasteiger partial charge in [0.05, 0.1) is 21.0 Å². The van der Waals surface area contributed by atoms with Gasteiger partial charge < -0.3 is 16.0 Å². The molecule has 1 aromatic heterocycles. The summed E-state index contributed by atoms with van der Waals surface area (Å²) in [7, 11) is 0. The fourth-order valence-electron chi connectivity index (χ4n) is 3.41. The summed E-state index contributed by atoms with van der Waals surface area (Å²) in [5, 5.41) is 4.12. The van der Waals surface area contributed by atoms with Crippen LogP contribution in [-0.2, 0) is 4.79 Å². The summed E-state index contributed by atoms with van der Waals surface area (Å²) in [6, 6.07) is 13.8. The van der Waals surface area contributed by atoms with Crippen LogP contribution >= 0.6 is 23.4 Å². The number of pyridine rings is 1. The molecule has 3 N–H and O–H groups in total. The van der Waals surface area contributed by atoms with E-state index in [1.54, 1.807) is 6.20 Å². The summed E-state index contributed by atoms with van der Waals surface area (Å²) in [4.78, 5) is 19.4. The molecule has 1 aromatic carbocycles. The average molecular weight is 417 g/mol. The lowest BCUT2D eigenvalue weighted by Gasteiger charge is -2.38. The third kappa shape index (κ3) is 4.45. The standard InChI is InChI=1S/C21H25ClN4OS/c1-13(2)17(12-25-18-10-9-16(22)11-24-18)26-14(3)28-20(21(23)27)19(26)15-7-5-4-6-8-15/h4-11,13-14,17H,12H2,1-3H3,(H2,23,27)(H,24,25)/t14-,17?/m0/s1. The molecule has 0 aliphatic carbocycles. The highest BCUT2D eigenvalue weighted by Gasteiger charge is 2.38. The second kappa shape index (κ2) is 8.88. The molecule has 1 amide bonds. The zero-order chi connectivity index (χ0) is 20.3. The number of nitrogens with one attached hydrogen (secondary N) is 1. The Morgan fingerprint density at radius 3 is 2.57 bits per heavy atom. The molecule has 1 aliphatic heterocycles. The maximum Gasteiger partial charge on any atom is 0.257 e. The van der Waals surface area contributed by atoms with Gasteiger partial charge in [-0.25, -0.2) is 4.98 Å². The summed E-state index contributed by atoms with van der Waals surface area (Å²) >= 11 is 7.45. The number of primary amides is 1. The van der Waals surface area contributed by atoms with Crippen molar-refractivity contribution in [1.29, 1.82) is 0 Å². The third-order valence-corrected chi connectivity index (χ3v) is 6.19. The fourth-order valence-corrected chi connectivity index (χ4v) is 4.69. The molecule has 0 fully saturated rings. The minimum Gasteiger partial charge on any atom is -0.368 e. The SMILES string of the molecule is CC(C)C(CNc1ccc(Cl)cn1)N1C(c2ccccc2)=C(C(N)=O)S[C@H]1C. The number of halogens is 1. The van der Waals surface area contributed by atoms with Gasteiger partial charge in [-0.3, -0.25) is 4.79 Å². The molecule has 0 radical (unpaired) electrons. The van der Waals surface area contributed by atoms with Gasteiger partial charge in [0.1, 0.15) is 5.82 Å². The Hall–Kier alpha value is -2.18. The van der Waals surface area contributed by atoms with E-state index in [9.17, 15) is 4.79 Å². The molecule has 28 heavy (non-hydrogen) atoms. The first kappa shape index (κ1) is 20.6. The van der Waals surface area contributed by atoms with E-state index in [-0.39, 0.29) is 17.3 Å². The number of aromatic nitrogens is 1. The van der Waals surface area contributed by atoms with Crippen LogP contribution < -0.4 is 11.1 Å². The molecular formula is C21H25ClN4OS. The minimum atomic E-state index is -0.381. The highest BCUT2D eigenvalue weighted by Crippen LogP contribution is 2.45.